The number of phenolic OH excluding ortho intramolecular Hbond substituents is 1. The Morgan fingerprint density at radius 2 is 1.83 bits per heavy atom. The molecule has 0 bridgehead atoms. The summed E-state index contributed by atoms with van der Waals surface area (Å²) in [6.07, 6.45) is 3.67. The summed E-state index contributed by atoms with van der Waals surface area (Å²) in [6, 6.07) is 8.83. The van der Waals surface area contributed by atoms with Crippen molar-refractivity contribution in [2.75, 3.05) is 18.4 Å². The lowest BCUT2D eigenvalue weighted by Gasteiger charge is -2.17. The van der Waals surface area contributed by atoms with E-state index in [0.29, 0.717) is 28.8 Å². The number of hydrogen-bond donors (Lipinski definition) is 5. The molecule has 0 spiro atoms. The number of aliphatic carboxylic acids is 1. The number of nitrogens with zero attached hydrogens (tertiary/aromatic N) is 2. The van der Waals surface area contributed by atoms with E-state index in [9.17, 15) is 24.6 Å². The van der Waals surface area contributed by atoms with Crippen molar-refractivity contribution in [3.8, 4) is 5.75 Å². The molecule has 3 aromatic rings. The topological polar surface area (TPSA) is 154 Å². The van der Waals surface area contributed by atoms with Crippen LogP contribution in [-0.2, 0) is 4.79 Å². The number of thiophene rings is 1. The highest BCUT2D eigenvalue weighted by Gasteiger charge is 2.24. The van der Waals surface area contributed by atoms with Crippen LogP contribution < -0.4 is 16.0 Å². The number of anilines is 1. The Bertz CT molecular complexity index is 1220. The van der Waals surface area contributed by atoms with Crippen LogP contribution in [-0.4, -0.2) is 57.1 Å². The maximum absolute atomic E-state index is 12.8. The lowest BCUT2D eigenvalue weighted by Crippen LogP contribution is -2.48. The molecule has 11 heteroatoms. The minimum Gasteiger partial charge on any atom is -0.508 e. The molecule has 1 unspecified atom stereocenters. The van der Waals surface area contributed by atoms with Gasteiger partial charge in [0.25, 0.3) is 11.8 Å². The summed E-state index contributed by atoms with van der Waals surface area (Å²) in [5, 5.41) is 28.7. The zero-order valence-corrected chi connectivity index (χ0v) is 19.9. The van der Waals surface area contributed by atoms with E-state index in [-0.39, 0.29) is 17.9 Å². The molecule has 182 valence electrons. The molecule has 0 aliphatic rings. The van der Waals surface area contributed by atoms with Gasteiger partial charge in [-0.25, -0.2) is 14.8 Å². The van der Waals surface area contributed by atoms with Crippen molar-refractivity contribution in [1.82, 2.24) is 20.6 Å². The van der Waals surface area contributed by atoms with E-state index in [1.165, 1.54) is 11.3 Å². The number of rotatable bonds is 10. The number of phenols is 1. The fraction of sp³-hybridized carbons (Fsp3) is 0.208. The van der Waals surface area contributed by atoms with Gasteiger partial charge in [-0.3, -0.25) is 9.59 Å². The molecular formula is C24H25N5O5S. The first-order valence-electron chi connectivity index (χ1n) is 10.6. The Labute approximate surface area is 205 Å². The molecule has 5 N–H and O–H groups in total. The Hall–Kier alpha value is -4.25. The van der Waals surface area contributed by atoms with Gasteiger partial charge in [-0.2, -0.15) is 0 Å². The van der Waals surface area contributed by atoms with Gasteiger partial charge in [-0.15, -0.1) is 11.3 Å². The minimum atomic E-state index is -1.33. The first-order valence-corrected chi connectivity index (χ1v) is 11.5. The van der Waals surface area contributed by atoms with Crippen LogP contribution in [0.4, 0.5) is 5.95 Å². The van der Waals surface area contributed by atoms with Gasteiger partial charge in [-0.1, -0.05) is 30.4 Å². The lowest BCUT2D eigenvalue weighted by molar-refractivity contribution is -0.139. The van der Waals surface area contributed by atoms with Crippen molar-refractivity contribution < 1.29 is 24.6 Å². The second-order valence-electron chi connectivity index (χ2n) is 7.52. The molecule has 0 fully saturated rings. The normalized spacial score (nSPS) is 11.7. The van der Waals surface area contributed by atoms with Gasteiger partial charge < -0.3 is 26.2 Å². The minimum absolute atomic E-state index is 0.168. The number of carbonyl (C=O) groups is 3. The third-order valence-electron chi connectivity index (χ3n) is 4.87. The molecule has 0 radical (unpaired) electrons. The lowest BCUT2D eigenvalue weighted by atomic mass is 10.1. The van der Waals surface area contributed by atoms with Crippen LogP contribution >= 0.6 is 11.3 Å². The van der Waals surface area contributed by atoms with Crippen molar-refractivity contribution in [3.05, 3.63) is 75.2 Å². The smallest absolute Gasteiger partial charge is 0.328 e. The molecule has 2 heterocycles. The summed E-state index contributed by atoms with van der Waals surface area (Å²) < 4.78 is 0. The SMILES string of the molecule is Cc1nc(NCC=Cc2cccc(O)c2)nc(C)c1C(=O)NC(CNC(=O)c1cccs1)C(=O)O. The Morgan fingerprint density at radius 3 is 2.46 bits per heavy atom. The largest absolute Gasteiger partial charge is 0.508 e. The molecule has 0 aliphatic heterocycles. The van der Waals surface area contributed by atoms with Crippen molar-refractivity contribution in [2.45, 2.75) is 19.9 Å². The highest BCUT2D eigenvalue weighted by atomic mass is 32.1. The van der Waals surface area contributed by atoms with E-state index in [1.807, 2.05) is 18.2 Å². The van der Waals surface area contributed by atoms with Crippen molar-refractivity contribution in [3.63, 3.8) is 0 Å². The van der Waals surface area contributed by atoms with Gasteiger partial charge >= 0.3 is 5.97 Å². The average Bonchev–Trinajstić information content (AvgIpc) is 3.34. The van der Waals surface area contributed by atoms with Gasteiger partial charge in [0.05, 0.1) is 21.8 Å². The molecule has 10 nitrogen and oxygen atoms in total. The number of carboxylic acid groups (broad SMARTS) is 1. The fourth-order valence-electron chi connectivity index (χ4n) is 3.22. The molecule has 1 aromatic carbocycles. The summed E-state index contributed by atoms with van der Waals surface area (Å²) in [7, 11) is 0. The van der Waals surface area contributed by atoms with E-state index in [0.717, 1.165) is 5.56 Å². The molecule has 1 atom stereocenters. The summed E-state index contributed by atoms with van der Waals surface area (Å²) >= 11 is 1.23. The number of aromatic hydroxyl groups is 1. The van der Waals surface area contributed by atoms with Crippen LogP contribution in [0.15, 0.2) is 47.9 Å². The Kier molecular flexibility index (Phi) is 8.52. The highest BCUT2D eigenvalue weighted by Crippen LogP contribution is 2.14. The third-order valence-corrected chi connectivity index (χ3v) is 5.74. The zero-order valence-electron chi connectivity index (χ0n) is 19.1. The standard InChI is InChI=1S/C24H25N5O5S/c1-14-20(22(32)29-18(23(33)34)13-26-21(31)19-9-5-11-35-19)15(2)28-24(27-14)25-10-4-7-16-6-3-8-17(30)12-16/h3-9,11-12,18,30H,10,13H2,1-2H3,(H,26,31)(H,29,32)(H,33,34)(H,25,27,28). The quantitative estimate of drug-likeness (QED) is 0.288. The first-order chi connectivity index (χ1) is 16.7. The molecule has 2 aromatic heterocycles. The highest BCUT2D eigenvalue weighted by molar-refractivity contribution is 7.12. The van der Waals surface area contributed by atoms with Gasteiger partial charge in [0.1, 0.15) is 11.8 Å². The first kappa shape index (κ1) is 25.4. The van der Waals surface area contributed by atoms with E-state index in [1.54, 1.807) is 49.6 Å². The monoisotopic (exact) mass is 495 g/mol. The Morgan fingerprint density at radius 1 is 1.09 bits per heavy atom. The average molecular weight is 496 g/mol. The van der Waals surface area contributed by atoms with Gasteiger partial charge in [0, 0.05) is 13.1 Å². The van der Waals surface area contributed by atoms with E-state index < -0.39 is 23.8 Å². The summed E-state index contributed by atoms with van der Waals surface area (Å²) in [6.45, 7) is 3.39. The van der Waals surface area contributed by atoms with Crippen LogP contribution in [0.25, 0.3) is 6.08 Å². The molecule has 3 rings (SSSR count). The second kappa shape index (κ2) is 11.7. The van der Waals surface area contributed by atoms with Crippen molar-refractivity contribution in [2.24, 2.45) is 0 Å². The van der Waals surface area contributed by atoms with Gasteiger partial charge in [-0.05, 0) is 43.0 Å². The summed E-state index contributed by atoms with van der Waals surface area (Å²) in [4.78, 5) is 45.6. The van der Waals surface area contributed by atoms with E-state index in [2.05, 4.69) is 25.9 Å². The molecule has 0 saturated heterocycles. The van der Waals surface area contributed by atoms with E-state index >= 15 is 0 Å². The number of carboxylic acids is 1. The number of carbonyl (C=O) groups excluding carboxylic acids is 2. The van der Waals surface area contributed by atoms with Crippen LogP contribution in [0.5, 0.6) is 5.75 Å². The number of aromatic nitrogens is 2. The molecule has 0 aliphatic carbocycles. The summed E-state index contributed by atoms with van der Waals surface area (Å²) in [5.74, 6) is -1.84. The van der Waals surface area contributed by atoms with Crippen molar-refractivity contribution >= 4 is 41.1 Å². The van der Waals surface area contributed by atoms with Crippen LogP contribution in [0.2, 0.25) is 0 Å². The number of nitrogens with one attached hydrogen (secondary N) is 3. The Balaban J connectivity index is 1.61. The second-order valence-corrected chi connectivity index (χ2v) is 8.47. The zero-order chi connectivity index (χ0) is 25.4. The number of benzene rings is 1. The molecular weight excluding hydrogens is 470 g/mol. The number of hydrogen-bond acceptors (Lipinski definition) is 8. The fourth-order valence-corrected chi connectivity index (χ4v) is 3.86. The predicted octanol–water partition coefficient (Wildman–Crippen LogP) is 2.60. The van der Waals surface area contributed by atoms with Crippen LogP contribution in [0.3, 0.4) is 0 Å². The van der Waals surface area contributed by atoms with Gasteiger partial charge in [0.2, 0.25) is 5.95 Å². The third kappa shape index (κ3) is 7.11. The van der Waals surface area contributed by atoms with Crippen LogP contribution in [0, 0.1) is 13.8 Å². The van der Waals surface area contributed by atoms with Crippen molar-refractivity contribution in [1.29, 1.82) is 0 Å². The molecule has 2 amide bonds. The van der Waals surface area contributed by atoms with E-state index in [4.69, 9.17) is 0 Å². The maximum Gasteiger partial charge on any atom is 0.328 e. The number of aryl methyl sites for hydroxylation is 2. The van der Waals surface area contributed by atoms with Gasteiger partial charge in [0.15, 0.2) is 0 Å². The predicted molar refractivity (Wildman–Crippen MR) is 133 cm³/mol. The molecule has 0 saturated carbocycles. The van der Waals surface area contributed by atoms with Crippen LogP contribution in [0.1, 0.15) is 37.0 Å². The molecule has 35 heavy (non-hydrogen) atoms. The summed E-state index contributed by atoms with van der Waals surface area (Å²) in [5.41, 5.74) is 1.76. The maximum atomic E-state index is 12.8. The number of amides is 2.